The van der Waals surface area contributed by atoms with E-state index in [0.717, 1.165) is 33.9 Å². The Morgan fingerprint density at radius 2 is 1.80 bits per heavy atom. The van der Waals surface area contributed by atoms with Gasteiger partial charge in [0.2, 0.25) is 11.8 Å². The van der Waals surface area contributed by atoms with E-state index in [1.54, 1.807) is 27.0 Å². The number of likely N-dealkylation sites (tertiary alicyclic amines) is 1. The number of alkyl halides is 2. The fraction of sp³-hybridized carbons (Fsp3) is 0.355. The van der Waals surface area contributed by atoms with E-state index in [0.29, 0.717) is 35.6 Å². The first-order valence-electron chi connectivity index (χ1n) is 14.4. The van der Waals surface area contributed by atoms with Gasteiger partial charge in [0.1, 0.15) is 12.1 Å². The number of benzene rings is 2. The molecule has 2 aromatic carbocycles. The highest BCUT2D eigenvalue weighted by Gasteiger charge is 2.50. The summed E-state index contributed by atoms with van der Waals surface area (Å²) < 4.78 is 40.3. The van der Waals surface area contributed by atoms with Crippen molar-refractivity contribution < 1.29 is 37.5 Å². The van der Waals surface area contributed by atoms with E-state index in [-0.39, 0.29) is 16.2 Å². The van der Waals surface area contributed by atoms with Crippen molar-refractivity contribution >= 4 is 63.2 Å². The number of carbonyl (C=O) groups excluding carboxylic acids is 3. The highest BCUT2D eigenvalue weighted by atomic mass is 32.1. The van der Waals surface area contributed by atoms with Gasteiger partial charge in [-0.3, -0.25) is 18.9 Å². The number of nitrogens with one attached hydrogen (secondary N) is 2. The van der Waals surface area contributed by atoms with Crippen LogP contribution in [0.2, 0.25) is 0 Å². The first kappa shape index (κ1) is 33.8. The molecule has 1 saturated heterocycles. The zero-order valence-electron chi connectivity index (χ0n) is 25.2. The van der Waals surface area contributed by atoms with Gasteiger partial charge in [0, 0.05) is 34.3 Å². The maximum absolute atomic E-state index is 14.3. The summed E-state index contributed by atoms with van der Waals surface area (Å²) in [6.45, 7) is 5.68. The van der Waals surface area contributed by atoms with Crippen molar-refractivity contribution in [3.63, 3.8) is 0 Å². The minimum atomic E-state index is -5.77. The molecule has 1 aliphatic rings. The predicted molar refractivity (Wildman–Crippen MR) is 173 cm³/mol. The van der Waals surface area contributed by atoms with Crippen LogP contribution in [0.5, 0.6) is 0 Å². The largest absolute Gasteiger partial charge is 0.399 e. The van der Waals surface area contributed by atoms with Crippen molar-refractivity contribution in [1.29, 1.82) is 0 Å². The van der Waals surface area contributed by atoms with Crippen molar-refractivity contribution in [3.05, 3.63) is 81.7 Å². The molecule has 4 aromatic rings. The van der Waals surface area contributed by atoms with E-state index in [2.05, 4.69) is 15.6 Å². The van der Waals surface area contributed by atoms with Gasteiger partial charge >= 0.3 is 13.3 Å². The summed E-state index contributed by atoms with van der Waals surface area (Å²) in [5.74, 6) is -1.41. The maximum atomic E-state index is 14.3. The number of thiazole rings is 1. The van der Waals surface area contributed by atoms with Gasteiger partial charge in [-0.15, -0.1) is 22.7 Å². The second-order valence-corrected chi connectivity index (χ2v) is 16.0. The molecule has 4 N–H and O–H groups in total. The van der Waals surface area contributed by atoms with Crippen molar-refractivity contribution in [3.8, 4) is 0 Å². The summed E-state index contributed by atoms with van der Waals surface area (Å²) in [5.41, 5.74) is -4.90. The van der Waals surface area contributed by atoms with E-state index in [1.165, 1.54) is 28.4 Å². The van der Waals surface area contributed by atoms with Gasteiger partial charge in [0.25, 0.3) is 5.91 Å². The summed E-state index contributed by atoms with van der Waals surface area (Å²) >= 11 is 2.36. The maximum Gasteiger partial charge on any atom is 0.399 e. The molecule has 2 atom stereocenters. The Labute approximate surface area is 272 Å². The smallest absolute Gasteiger partial charge is 0.339 e. The van der Waals surface area contributed by atoms with Crippen LogP contribution in [0.4, 0.5) is 13.9 Å². The van der Waals surface area contributed by atoms with E-state index in [9.17, 15) is 27.7 Å². The Bertz CT molecular complexity index is 1820. The molecule has 0 radical (unpaired) electrons. The molecule has 10 nitrogen and oxygen atoms in total. The molecular weight excluding hydrogens is 657 g/mol. The van der Waals surface area contributed by atoms with Crippen LogP contribution in [-0.4, -0.2) is 56.0 Å². The van der Waals surface area contributed by atoms with E-state index < -0.39 is 48.1 Å². The number of rotatable bonds is 9. The number of halogens is 2. The molecule has 46 heavy (non-hydrogen) atoms. The molecule has 3 amide bonds. The van der Waals surface area contributed by atoms with Gasteiger partial charge in [0.05, 0.1) is 4.88 Å². The lowest BCUT2D eigenvalue weighted by Crippen LogP contribution is -2.57. The third-order valence-electron chi connectivity index (χ3n) is 7.69. The average Bonchev–Trinajstić information content (AvgIpc) is 3.74. The van der Waals surface area contributed by atoms with Crippen molar-refractivity contribution in [2.75, 3.05) is 11.9 Å². The lowest BCUT2D eigenvalue weighted by Gasteiger charge is -2.35. The SMILES string of the molecule is CC(C)(C)C(NC(=O)c1cc2cc(C(F)(F)P(=O)(O)O)ccc2s1)C(=O)N1CCCC1C(=O)Nc1ncc(Cc2ccccc2)s1. The number of nitrogens with zero attached hydrogens (tertiary/aromatic N) is 2. The third-order valence-corrected chi connectivity index (χ3v) is 10.7. The molecule has 0 spiro atoms. The molecule has 2 unspecified atom stereocenters. The Hall–Kier alpha value is -3.55. The Kier molecular flexibility index (Phi) is 9.49. The second-order valence-electron chi connectivity index (χ2n) is 12.2. The van der Waals surface area contributed by atoms with Crippen LogP contribution < -0.4 is 10.6 Å². The molecule has 0 bridgehead atoms. The van der Waals surface area contributed by atoms with Gasteiger partial charge in [0.15, 0.2) is 5.13 Å². The number of thiophene rings is 1. The van der Waals surface area contributed by atoms with Crippen molar-refractivity contribution in [2.45, 2.75) is 57.8 Å². The summed E-state index contributed by atoms with van der Waals surface area (Å²) in [6, 6.07) is 12.6. The summed E-state index contributed by atoms with van der Waals surface area (Å²) in [6.07, 6.45) is 3.44. The quantitative estimate of drug-likeness (QED) is 0.159. The van der Waals surface area contributed by atoms with Gasteiger partial charge in [-0.1, -0.05) is 57.2 Å². The number of anilines is 1. The van der Waals surface area contributed by atoms with Crippen LogP contribution in [0.3, 0.4) is 0 Å². The van der Waals surface area contributed by atoms with E-state index in [1.807, 2.05) is 30.3 Å². The third kappa shape index (κ3) is 7.21. The van der Waals surface area contributed by atoms with Gasteiger partial charge < -0.3 is 25.3 Å². The lowest BCUT2D eigenvalue weighted by molar-refractivity contribution is -0.140. The molecule has 244 valence electrons. The van der Waals surface area contributed by atoms with Crippen LogP contribution in [-0.2, 0) is 26.2 Å². The normalized spacial score (nSPS) is 16.4. The minimum absolute atomic E-state index is 0.125. The fourth-order valence-corrected chi connectivity index (χ4v) is 7.53. The molecule has 0 saturated carbocycles. The zero-order valence-corrected chi connectivity index (χ0v) is 27.7. The highest BCUT2D eigenvalue weighted by molar-refractivity contribution is 7.52. The van der Waals surface area contributed by atoms with Crippen molar-refractivity contribution in [2.24, 2.45) is 5.41 Å². The van der Waals surface area contributed by atoms with Crippen LogP contribution >= 0.6 is 30.3 Å². The standard InChI is InChI=1S/C31H33F2N4O6PS2/c1-30(2,3)25(35-27(39)24-16-19-15-20(11-12-23(19)46-24)31(32,33)44(41,42)43)28(40)37-13-7-10-22(37)26(38)36-29-34-17-21(45-29)14-18-8-5-4-6-9-18/h4-6,8-9,11-12,15-17,22,25H,7,10,13-14H2,1-3H3,(H,35,39)(H,34,36,38)(H2,41,42,43). The van der Waals surface area contributed by atoms with Crippen LogP contribution in [0.15, 0.2) is 60.8 Å². The average molecular weight is 691 g/mol. The first-order valence-corrected chi connectivity index (χ1v) is 17.7. The number of fused-ring (bicyclic) bond motifs is 1. The number of amides is 3. The molecule has 0 aliphatic carbocycles. The van der Waals surface area contributed by atoms with E-state index in [4.69, 9.17) is 9.79 Å². The molecule has 2 aromatic heterocycles. The number of carbonyl (C=O) groups is 3. The van der Waals surface area contributed by atoms with Gasteiger partial charge in [-0.2, -0.15) is 8.78 Å². The number of hydrogen-bond acceptors (Lipinski definition) is 7. The number of hydrogen-bond donors (Lipinski definition) is 4. The second kappa shape index (κ2) is 12.9. The number of aromatic nitrogens is 1. The predicted octanol–water partition coefficient (Wildman–Crippen LogP) is 5.95. The topological polar surface area (TPSA) is 149 Å². The van der Waals surface area contributed by atoms with E-state index >= 15 is 0 Å². The van der Waals surface area contributed by atoms with Crippen LogP contribution in [0.25, 0.3) is 10.1 Å². The van der Waals surface area contributed by atoms with Gasteiger partial charge in [-0.05, 0) is 47.4 Å². The summed E-state index contributed by atoms with van der Waals surface area (Å²) in [7, 11) is -5.77. The molecule has 5 rings (SSSR count). The molecule has 1 aliphatic heterocycles. The summed E-state index contributed by atoms with van der Waals surface area (Å²) in [5, 5.41) is 6.26. The Morgan fingerprint density at radius 1 is 1.09 bits per heavy atom. The molecule has 3 heterocycles. The Morgan fingerprint density at radius 3 is 2.48 bits per heavy atom. The zero-order chi connectivity index (χ0) is 33.4. The molecule has 15 heteroatoms. The summed E-state index contributed by atoms with van der Waals surface area (Å²) in [4.78, 5) is 65.8. The van der Waals surface area contributed by atoms with Crippen LogP contribution in [0, 0.1) is 5.41 Å². The lowest BCUT2D eigenvalue weighted by atomic mass is 9.85. The molecule has 1 fully saturated rings. The minimum Gasteiger partial charge on any atom is -0.339 e. The molecular formula is C31H33F2N4O6PS2. The Balaban J connectivity index is 1.29. The monoisotopic (exact) mass is 690 g/mol. The first-order chi connectivity index (χ1) is 21.5. The highest BCUT2D eigenvalue weighted by Crippen LogP contribution is 2.59. The van der Waals surface area contributed by atoms with Gasteiger partial charge in [-0.25, -0.2) is 4.98 Å². The fourth-order valence-electron chi connectivity index (χ4n) is 5.26. The van der Waals surface area contributed by atoms with Crippen LogP contribution in [0.1, 0.15) is 59.3 Å². The van der Waals surface area contributed by atoms with Crippen molar-refractivity contribution in [1.82, 2.24) is 15.2 Å².